The number of ether oxygens (including phenoxy) is 2. The van der Waals surface area contributed by atoms with Crippen LogP contribution in [0.2, 0.25) is 0 Å². The van der Waals surface area contributed by atoms with E-state index >= 15 is 0 Å². The van der Waals surface area contributed by atoms with E-state index in [4.69, 9.17) is 9.47 Å². The molecule has 0 bridgehead atoms. The molecule has 3 rings (SSSR count). The Morgan fingerprint density at radius 2 is 1.50 bits per heavy atom. The Kier molecular flexibility index (Phi) is 7.76. The van der Waals surface area contributed by atoms with Crippen molar-refractivity contribution in [2.75, 3.05) is 13.7 Å². The maximum Gasteiger partial charge on any atom is 0.422 e. The molecule has 0 aromatic heterocycles. The monoisotopic (exact) mass is 443 g/mol. The summed E-state index contributed by atoms with van der Waals surface area (Å²) in [4.78, 5) is 12.7. The summed E-state index contributed by atoms with van der Waals surface area (Å²) in [5.74, 6) is 0.0592. The first kappa shape index (κ1) is 23.2. The van der Waals surface area contributed by atoms with Gasteiger partial charge in [-0.1, -0.05) is 66.7 Å². The molecule has 1 N–H and O–H groups in total. The third-order valence-corrected chi connectivity index (χ3v) is 4.83. The minimum absolute atomic E-state index is 0.00578. The standard InChI is InChI=1S/C25H24F3NO3/c1-31-22-16-18(12-14-21(22)32-17-25(26,27)28)13-15-23(30)29-24(19-8-4-2-5-9-19)20-10-6-3-7-11-20/h2-12,14,16,24H,13,15,17H2,1H3,(H,29,30). The van der Waals surface area contributed by atoms with Gasteiger partial charge >= 0.3 is 6.18 Å². The van der Waals surface area contributed by atoms with Crippen molar-refractivity contribution in [2.45, 2.75) is 25.1 Å². The van der Waals surface area contributed by atoms with Gasteiger partial charge in [-0.25, -0.2) is 0 Å². The lowest BCUT2D eigenvalue weighted by Crippen LogP contribution is -2.29. The molecule has 1 amide bonds. The van der Waals surface area contributed by atoms with Gasteiger partial charge in [0.2, 0.25) is 5.91 Å². The fourth-order valence-electron chi connectivity index (χ4n) is 3.29. The summed E-state index contributed by atoms with van der Waals surface area (Å²) in [5, 5.41) is 3.08. The molecule has 0 atom stereocenters. The van der Waals surface area contributed by atoms with Crippen molar-refractivity contribution in [1.29, 1.82) is 0 Å². The van der Waals surface area contributed by atoms with E-state index in [0.717, 1.165) is 16.7 Å². The summed E-state index contributed by atoms with van der Waals surface area (Å²) in [6, 6.07) is 23.7. The highest BCUT2D eigenvalue weighted by Crippen LogP contribution is 2.30. The molecule has 0 saturated heterocycles. The van der Waals surface area contributed by atoms with Gasteiger partial charge < -0.3 is 14.8 Å². The number of methoxy groups -OCH3 is 1. The number of hydrogen-bond donors (Lipinski definition) is 1. The molecule has 0 aliphatic heterocycles. The van der Waals surface area contributed by atoms with Gasteiger partial charge in [-0.2, -0.15) is 13.2 Å². The molecule has 0 saturated carbocycles. The quantitative estimate of drug-likeness (QED) is 0.477. The largest absolute Gasteiger partial charge is 0.493 e. The molecule has 32 heavy (non-hydrogen) atoms. The van der Waals surface area contributed by atoms with E-state index in [1.54, 1.807) is 12.1 Å². The Balaban J connectivity index is 1.65. The van der Waals surface area contributed by atoms with Crippen molar-refractivity contribution in [3.05, 3.63) is 95.6 Å². The van der Waals surface area contributed by atoms with Crippen molar-refractivity contribution in [1.82, 2.24) is 5.32 Å². The van der Waals surface area contributed by atoms with Crippen LogP contribution in [0.3, 0.4) is 0 Å². The molecule has 0 fully saturated rings. The first-order chi connectivity index (χ1) is 15.4. The second-order valence-corrected chi connectivity index (χ2v) is 7.21. The average molecular weight is 443 g/mol. The smallest absolute Gasteiger partial charge is 0.422 e. The van der Waals surface area contributed by atoms with E-state index in [0.29, 0.717) is 6.42 Å². The van der Waals surface area contributed by atoms with Crippen LogP contribution in [-0.4, -0.2) is 25.8 Å². The normalized spacial score (nSPS) is 11.3. The first-order valence-corrected chi connectivity index (χ1v) is 10.1. The molecular formula is C25H24F3NO3. The minimum Gasteiger partial charge on any atom is -0.493 e. The molecule has 0 heterocycles. The van der Waals surface area contributed by atoms with E-state index in [2.05, 4.69) is 5.32 Å². The van der Waals surface area contributed by atoms with Gasteiger partial charge in [0.25, 0.3) is 0 Å². The van der Waals surface area contributed by atoms with E-state index in [1.165, 1.54) is 13.2 Å². The van der Waals surface area contributed by atoms with Gasteiger partial charge in [0.1, 0.15) is 0 Å². The van der Waals surface area contributed by atoms with Crippen molar-refractivity contribution in [3.8, 4) is 11.5 Å². The predicted molar refractivity (Wildman–Crippen MR) is 116 cm³/mol. The lowest BCUT2D eigenvalue weighted by Gasteiger charge is -2.20. The highest BCUT2D eigenvalue weighted by molar-refractivity contribution is 5.77. The van der Waals surface area contributed by atoms with Gasteiger partial charge in [-0.3, -0.25) is 4.79 Å². The first-order valence-electron chi connectivity index (χ1n) is 10.1. The fourth-order valence-corrected chi connectivity index (χ4v) is 3.29. The number of rotatable bonds is 9. The van der Waals surface area contributed by atoms with E-state index < -0.39 is 12.8 Å². The third kappa shape index (κ3) is 6.77. The Labute approximate surface area is 185 Å². The molecule has 4 nitrogen and oxygen atoms in total. The molecule has 168 valence electrons. The molecular weight excluding hydrogens is 419 g/mol. The molecule has 0 aliphatic rings. The number of hydrogen-bond acceptors (Lipinski definition) is 3. The second kappa shape index (κ2) is 10.7. The zero-order valence-corrected chi connectivity index (χ0v) is 17.6. The van der Waals surface area contributed by atoms with Crippen molar-refractivity contribution in [2.24, 2.45) is 0 Å². The summed E-state index contributed by atoms with van der Waals surface area (Å²) < 4.78 is 47.2. The average Bonchev–Trinajstić information content (AvgIpc) is 2.80. The van der Waals surface area contributed by atoms with E-state index in [9.17, 15) is 18.0 Å². The van der Waals surface area contributed by atoms with Gasteiger partial charge in [-0.15, -0.1) is 0 Å². The zero-order chi connectivity index (χ0) is 23.0. The van der Waals surface area contributed by atoms with Gasteiger partial charge in [-0.05, 0) is 35.2 Å². The van der Waals surface area contributed by atoms with Crippen LogP contribution < -0.4 is 14.8 Å². The third-order valence-electron chi connectivity index (χ3n) is 4.83. The number of aryl methyl sites for hydroxylation is 1. The Morgan fingerprint density at radius 3 is 2.03 bits per heavy atom. The molecule has 0 radical (unpaired) electrons. The maximum atomic E-state index is 12.7. The summed E-state index contributed by atoms with van der Waals surface area (Å²) >= 11 is 0. The van der Waals surface area contributed by atoms with Crippen molar-refractivity contribution in [3.63, 3.8) is 0 Å². The summed E-state index contributed by atoms with van der Waals surface area (Å²) in [6.07, 6.45) is -3.82. The van der Waals surface area contributed by atoms with Crippen LogP contribution in [0.1, 0.15) is 29.2 Å². The van der Waals surface area contributed by atoms with Gasteiger partial charge in [0.15, 0.2) is 18.1 Å². The Morgan fingerprint density at radius 1 is 0.906 bits per heavy atom. The van der Waals surface area contributed by atoms with Crippen molar-refractivity contribution < 1.29 is 27.4 Å². The van der Waals surface area contributed by atoms with Gasteiger partial charge in [0, 0.05) is 6.42 Å². The number of halogens is 3. The maximum absolute atomic E-state index is 12.7. The van der Waals surface area contributed by atoms with Crippen molar-refractivity contribution >= 4 is 5.91 Å². The number of carbonyl (C=O) groups is 1. The molecule has 0 aliphatic carbocycles. The summed E-state index contributed by atoms with van der Waals surface area (Å²) in [5.41, 5.74) is 2.70. The van der Waals surface area contributed by atoms with Crippen LogP contribution in [0, 0.1) is 0 Å². The van der Waals surface area contributed by atoms with Crippen LogP contribution in [0.4, 0.5) is 13.2 Å². The van der Waals surface area contributed by atoms with E-state index in [-0.39, 0.29) is 29.9 Å². The molecule has 3 aromatic carbocycles. The van der Waals surface area contributed by atoms with Gasteiger partial charge in [0.05, 0.1) is 13.2 Å². The summed E-state index contributed by atoms with van der Waals surface area (Å²) in [7, 11) is 1.36. The molecule has 0 spiro atoms. The number of carbonyl (C=O) groups excluding carboxylic acids is 1. The highest BCUT2D eigenvalue weighted by Gasteiger charge is 2.29. The van der Waals surface area contributed by atoms with Crippen LogP contribution in [-0.2, 0) is 11.2 Å². The molecule has 7 heteroatoms. The van der Waals surface area contributed by atoms with Crippen LogP contribution in [0.25, 0.3) is 0 Å². The highest BCUT2D eigenvalue weighted by atomic mass is 19.4. The zero-order valence-electron chi connectivity index (χ0n) is 17.6. The Bertz CT molecular complexity index is 968. The SMILES string of the molecule is COc1cc(CCC(=O)NC(c2ccccc2)c2ccccc2)ccc1OCC(F)(F)F. The molecule has 0 unspecified atom stereocenters. The predicted octanol–water partition coefficient (Wildman–Crippen LogP) is 5.47. The number of nitrogens with one attached hydrogen (secondary N) is 1. The number of benzene rings is 3. The van der Waals surface area contributed by atoms with Crippen LogP contribution in [0.15, 0.2) is 78.9 Å². The van der Waals surface area contributed by atoms with Crippen LogP contribution in [0.5, 0.6) is 11.5 Å². The topological polar surface area (TPSA) is 47.6 Å². The van der Waals surface area contributed by atoms with Crippen LogP contribution >= 0.6 is 0 Å². The lowest BCUT2D eigenvalue weighted by molar-refractivity contribution is -0.153. The lowest BCUT2D eigenvalue weighted by atomic mass is 9.98. The number of alkyl halides is 3. The molecule has 3 aromatic rings. The Hall–Kier alpha value is -3.48. The minimum atomic E-state index is -4.43. The second-order valence-electron chi connectivity index (χ2n) is 7.21. The van der Waals surface area contributed by atoms with E-state index in [1.807, 2.05) is 60.7 Å². The summed E-state index contributed by atoms with van der Waals surface area (Å²) in [6.45, 7) is -1.40. The fraction of sp³-hybridized carbons (Fsp3) is 0.240. The number of amides is 1.